The lowest BCUT2D eigenvalue weighted by atomic mass is 10.2. The van der Waals surface area contributed by atoms with E-state index in [2.05, 4.69) is 4.74 Å². The molecule has 0 radical (unpaired) electrons. The summed E-state index contributed by atoms with van der Waals surface area (Å²) in [5, 5.41) is 0.183. The summed E-state index contributed by atoms with van der Waals surface area (Å²) in [5.74, 6) is -0.0534. The van der Waals surface area contributed by atoms with Crippen molar-refractivity contribution in [2.24, 2.45) is 0 Å². The summed E-state index contributed by atoms with van der Waals surface area (Å²) in [5.41, 5.74) is 0.383. The number of anilines is 1. The van der Waals surface area contributed by atoms with Crippen LogP contribution in [0.25, 0.3) is 0 Å². The van der Waals surface area contributed by atoms with E-state index in [0.717, 1.165) is 4.31 Å². The number of hydrogen-bond acceptors (Lipinski definition) is 5. The van der Waals surface area contributed by atoms with Crippen molar-refractivity contribution >= 4 is 33.3 Å². The van der Waals surface area contributed by atoms with Crippen LogP contribution >= 0.6 is 11.6 Å². The van der Waals surface area contributed by atoms with Gasteiger partial charge in [-0.15, -0.1) is 0 Å². The number of rotatable bonds is 6. The molecule has 0 saturated carbocycles. The smallest absolute Gasteiger partial charge is 0.339 e. The molecule has 0 saturated heterocycles. The first kappa shape index (κ1) is 19.1. The molecule has 2 aromatic rings. The van der Waals surface area contributed by atoms with Crippen LogP contribution in [0.2, 0.25) is 5.02 Å². The van der Waals surface area contributed by atoms with Crippen molar-refractivity contribution in [2.75, 3.05) is 25.1 Å². The Morgan fingerprint density at radius 3 is 2.36 bits per heavy atom. The van der Waals surface area contributed by atoms with Crippen LogP contribution in [0.3, 0.4) is 0 Å². The van der Waals surface area contributed by atoms with Crippen molar-refractivity contribution in [3.8, 4) is 5.75 Å². The zero-order chi connectivity index (χ0) is 18.6. The molecular weight excluding hydrogens is 366 g/mol. The maximum Gasteiger partial charge on any atom is 0.339 e. The third-order valence-corrected chi connectivity index (χ3v) is 5.64. The van der Waals surface area contributed by atoms with Crippen molar-refractivity contribution in [2.45, 2.75) is 11.8 Å². The number of hydrogen-bond donors (Lipinski definition) is 0. The summed E-state index contributed by atoms with van der Waals surface area (Å²) in [6.07, 6.45) is 0. The number of carbonyl (C=O) groups is 1. The number of methoxy groups -OCH3 is 1. The third kappa shape index (κ3) is 4.05. The van der Waals surface area contributed by atoms with Crippen molar-refractivity contribution < 1.29 is 22.7 Å². The molecule has 0 amide bonds. The first-order chi connectivity index (χ1) is 11.8. The molecule has 0 aromatic heterocycles. The molecule has 0 aliphatic heterocycles. The lowest BCUT2D eigenvalue weighted by Gasteiger charge is -2.20. The molecule has 0 aliphatic rings. The van der Waals surface area contributed by atoms with Gasteiger partial charge in [-0.2, -0.15) is 0 Å². The van der Waals surface area contributed by atoms with Crippen LogP contribution in [-0.2, 0) is 14.8 Å². The second-order valence-electron chi connectivity index (χ2n) is 5.03. The monoisotopic (exact) mass is 383 g/mol. The van der Waals surface area contributed by atoms with Gasteiger partial charge in [-0.3, -0.25) is 4.31 Å². The number of nitrogens with zero attached hydrogens (tertiary/aromatic N) is 1. The maximum atomic E-state index is 12.8. The number of ether oxygens (including phenoxy) is 2. The second-order valence-corrected chi connectivity index (χ2v) is 7.41. The first-order valence-electron chi connectivity index (χ1n) is 7.41. The van der Waals surface area contributed by atoms with E-state index in [-0.39, 0.29) is 15.5 Å². The molecule has 134 valence electrons. The number of carbonyl (C=O) groups excluding carboxylic acids is 1. The molecule has 0 aliphatic carbocycles. The molecule has 0 unspecified atom stereocenters. The minimum Gasteiger partial charge on any atom is -0.494 e. The van der Waals surface area contributed by atoms with Gasteiger partial charge >= 0.3 is 5.97 Å². The molecule has 2 aromatic carbocycles. The summed E-state index contributed by atoms with van der Waals surface area (Å²) >= 11 is 5.97. The zero-order valence-electron chi connectivity index (χ0n) is 14.0. The molecule has 0 atom stereocenters. The molecule has 0 N–H and O–H groups in total. The number of benzene rings is 2. The first-order valence-corrected chi connectivity index (χ1v) is 9.22. The van der Waals surface area contributed by atoms with Crippen LogP contribution in [0.4, 0.5) is 5.69 Å². The van der Waals surface area contributed by atoms with Crippen molar-refractivity contribution in [1.29, 1.82) is 0 Å². The van der Waals surface area contributed by atoms with Crippen molar-refractivity contribution in [1.82, 2.24) is 0 Å². The van der Waals surface area contributed by atoms with E-state index < -0.39 is 16.0 Å². The molecule has 25 heavy (non-hydrogen) atoms. The van der Waals surface area contributed by atoms with E-state index in [4.69, 9.17) is 16.3 Å². The molecule has 8 heteroatoms. The minimum atomic E-state index is -3.80. The van der Waals surface area contributed by atoms with Crippen LogP contribution in [0, 0.1) is 0 Å². The van der Waals surface area contributed by atoms with Gasteiger partial charge in [0, 0.05) is 7.05 Å². The average Bonchev–Trinajstić information content (AvgIpc) is 2.61. The van der Waals surface area contributed by atoms with Crippen LogP contribution in [0.5, 0.6) is 5.75 Å². The highest BCUT2D eigenvalue weighted by Gasteiger charge is 2.23. The SMILES string of the molecule is CCOc1ccc(S(=O)(=O)N(C)c2ccc(Cl)c(C(=O)OC)c2)cc1. The van der Waals surface area contributed by atoms with Crippen molar-refractivity contribution in [3.63, 3.8) is 0 Å². The maximum absolute atomic E-state index is 12.8. The average molecular weight is 384 g/mol. The number of halogens is 1. The summed E-state index contributed by atoms with van der Waals surface area (Å²) in [4.78, 5) is 11.8. The van der Waals surface area contributed by atoms with Crippen LogP contribution in [0.15, 0.2) is 47.4 Å². The van der Waals surface area contributed by atoms with Crippen LogP contribution in [0.1, 0.15) is 17.3 Å². The third-order valence-electron chi connectivity index (χ3n) is 3.51. The van der Waals surface area contributed by atoms with E-state index in [1.54, 1.807) is 12.1 Å². The van der Waals surface area contributed by atoms with E-state index in [9.17, 15) is 13.2 Å². The Balaban J connectivity index is 2.38. The quantitative estimate of drug-likeness (QED) is 0.715. The Hall–Kier alpha value is -2.25. The number of sulfonamides is 1. The number of esters is 1. The van der Waals surface area contributed by atoms with Crippen LogP contribution < -0.4 is 9.04 Å². The summed E-state index contributed by atoms with van der Waals surface area (Å²) in [6.45, 7) is 2.34. The molecule has 0 bridgehead atoms. The van der Waals surface area contributed by atoms with Gasteiger partial charge in [0.2, 0.25) is 0 Å². The Morgan fingerprint density at radius 2 is 1.80 bits per heavy atom. The van der Waals surface area contributed by atoms with Gasteiger partial charge in [0.25, 0.3) is 10.0 Å². The van der Waals surface area contributed by atoms with Gasteiger partial charge in [-0.1, -0.05) is 11.6 Å². The Morgan fingerprint density at radius 1 is 1.16 bits per heavy atom. The highest BCUT2D eigenvalue weighted by molar-refractivity contribution is 7.92. The van der Waals surface area contributed by atoms with Gasteiger partial charge in [0.1, 0.15) is 5.75 Å². The second kappa shape index (κ2) is 7.76. The highest BCUT2D eigenvalue weighted by Crippen LogP contribution is 2.27. The predicted octanol–water partition coefficient (Wildman–Crippen LogP) is 3.35. The van der Waals surface area contributed by atoms with E-state index in [0.29, 0.717) is 18.0 Å². The lowest BCUT2D eigenvalue weighted by molar-refractivity contribution is 0.0601. The Bertz CT molecular complexity index is 865. The predicted molar refractivity (Wildman–Crippen MR) is 96.0 cm³/mol. The van der Waals surface area contributed by atoms with Gasteiger partial charge in [-0.05, 0) is 49.4 Å². The molecular formula is C17H18ClNO5S. The Labute approximate surface area is 152 Å². The highest BCUT2D eigenvalue weighted by atomic mass is 35.5. The zero-order valence-corrected chi connectivity index (χ0v) is 15.6. The molecule has 0 spiro atoms. The fraction of sp³-hybridized carbons (Fsp3) is 0.235. The van der Waals surface area contributed by atoms with Gasteiger partial charge in [-0.25, -0.2) is 13.2 Å². The van der Waals surface area contributed by atoms with Crippen molar-refractivity contribution in [3.05, 3.63) is 53.1 Å². The van der Waals surface area contributed by atoms with E-state index >= 15 is 0 Å². The molecule has 0 fully saturated rings. The lowest BCUT2D eigenvalue weighted by Crippen LogP contribution is -2.26. The van der Waals surface area contributed by atoms with Gasteiger partial charge in [0.05, 0.1) is 34.9 Å². The van der Waals surface area contributed by atoms with Gasteiger partial charge < -0.3 is 9.47 Å². The summed E-state index contributed by atoms with van der Waals surface area (Å²) in [7, 11) is -1.18. The topological polar surface area (TPSA) is 72.9 Å². The molecule has 2 rings (SSSR count). The van der Waals surface area contributed by atoms with E-state index in [1.165, 1.54) is 44.5 Å². The van der Waals surface area contributed by atoms with E-state index in [1.807, 2.05) is 6.92 Å². The normalized spacial score (nSPS) is 11.0. The fourth-order valence-corrected chi connectivity index (χ4v) is 3.53. The molecule has 0 heterocycles. The summed E-state index contributed by atoms with van der Waals surface area (Å²) < 4.78 is 36.6. The standard InChI is InChI=1S/C17H18ClNO5S/c1-4-24-13-6-8-14(9-7-13)25(21,22)19(2)12-5-10-16(18)15(11-12)17(20)23-3/h5-11H,4H2,1-3H3. The fourth-order valence-electron chi connectivity index (χ4n) is 2.15. The van der Waals surface area contributed by atoms with Gasteiger partial charge in [0.15, 0.2) is 0 Å². The molecule has 6 nitrogen and oxygen atoms in total. The minimum absolute atomic E-state index is 0.0930. The Kier molecular flexibility index (Phi) is 5.92. The van der Waals surface area contributed by atoms with Crippen LogP contribution in [-0.4, -0.2) is 35.2 Å². The summed E-state index contributed by atoms with van der Waals surface area (Å²) in [6, 6.07) is 10.5. The largest absolute Gasteiger partial charge is 0.494 e.